The van der Waals surface area contributed by atoms with Gasteiger partial charge in [-0.3, -0.25) is 0 Å². The van der Waals surface area contributed by atoms with Crippen LogP contribution in [-0.4, -0.2) is 12.6 Å². The Kier molecular flexibility index (Phi) is 4.87. The van der Waals surface area contributed by atoms with Gasteiger partial charge in [0, 0.05) is 0 Å². The fourth-order valence-corrected chi connectivity index (χ4v) is 1.86. The molecule has 0 fully saturated rings. The summed E-state index contributed by atoms with van der Waals surface area (Å²) < 4.78 is 34.0. The highest BCUT2D eigenvalue weighted by atomic mass is 19.3. The SMILES string of the molecule is Cc1cccc(COC(=O)c2ccccc2OC(F)F)c1. The molecule has 0 heterocycles. The average Bonchev–Trinajstić information content (AvgIpc) is 2.45. The van der Waals surface area contributed by atoms with E-state index in [0.717, 1.165) is 11.1 Å². The molecule has 0 saturated carbocycles. The molecule has 2 aromatic carbocycles. The summed E-state index contributed by atoms with van der Waals surface area (Å²) in [4.78, 5) is 12.0. The minimum absolute atomic E-state index is 0.0227. The number of halogens is 2. The molecule has 2 rings (SSSR count). The first-order valence-electron chi connectivity index (χ1n) is 6.33. The molecule has 110 valence electrons. The van der Waals surface area contributed by atoms with E-state index in [0.29, 0.717) is 0 Å². The van der Waals surface area contributed by atoms with Crippen LogP contribution in [0.5, 0.6) is 5.75 Å². The summed E-state index contributed by atoms with van der Waals surface area (Å²) in [5, 5.41) is 0. The number of alkyl halides is 2. The Labute approximate surface area is 121 Å². The van der Waals surface area contributed by atoms with Gasteiger partial charge in [0.25, 0.3) is 0 Å². The first kappa shape index (κ1) is 15.0. The molecule has 0 spiro atoms. The third kappa shape index (κ3) is 4.27. The van der Waals surface area contributed by atoms with E-state index in [1.165, 1.54) is 18.2 Å². The van der Waals surface area contributed by atoms with Gasteiger partial charge in [-0.25, -0.2) is 4.79 Å². The molecule has 0 aliphatic carbocycles. The maximum absolute atomic E-state index is 12.3. The minimum Gasteiger partial charge on any atom is -0.457 e. The van der Waals surface area contributed by atoms with Crippen LogP contribution < -0.4 is 4.74 Å². The van der Waals surface area contributed by atoms with Crippen molar-refractivity contribution in [3.8, 4) is 5.75 Å². The van der Waals surface area contributed by atoms with Crippen LogP contribution in [0.1, 0.15) is 21.5 Å². The standard InChI is InChI=1S/C16H14F2O3/c1-11-5-4-6-12(9-11)10-20-15(19)13-7-2-3-8-14(13)21-16(17)18/h2-9,16H,10H2,1H3. The van der Waals surface area contributed by atoms with Gasteiger partial charge < -0.3 is 9.47 Å². The van der Waals surface area contributed by atoms with E-state index in [9.17, 15) is 13.6 Å². The van der Waals surface area contributed by atoms with Gasteiger partial charge in [-0.05, 0) is 24.6 Å². The summed E-state index contributed by atoms with van der Waals surface area (Å²) in [5.74, 6) is -0.894. The Morgan fingerprint density at radius 2 is 1.90 bits per heavy atom. The zero-order chi connectivity index (χ0) is 15.2. The fraction of sp³-hybridized carbons (Fsp3) is 0.188. The van der Waals surface area contributed by atoms with Crippen molar-refractivity contribution in [3.05, 3.63) is 65.2 Å². The molecule has 5 heteroatoms. The van der Waals surface area contributed by atoms with Crippen LogP contribution in [0.4, 0.5) is 8.78 Å². The largest absolute Gasteiger partial charge is 0.457 e. The molecule has 0 atom stereocenters. The Bertz CT molecular complexity index is 626. The zero-order valence-corrected chi connectivity index (χ0v) is 11.4. The van der Waals surface area contributed by atoms with Crippen LogP contribution in [0.15, 0.2) is 48.5 Å². The predicted molar refractivity (Wildman–Crippen MR) is 73.4 cm³/mol. The number of carbonyl (C=O) groups excluding carboxylic acids is 1. The van der Waals surface area contributed by atoms with Crippen molar-refractivity contribution < 1.29 is 23.0 Å². The van der Waals surface area contributed by atoms with Crippen molar-refractivity contribution in [3.63, 3.8) is 0 Å². The Balaban J connectivity index is 2.07. The van der Waals surface area contributed by atoms with Gasteiger partial charge in [-0.15, -0.1) is 0 Å². The number of esters is 1. The molecule has 0 aliphatic heterocycles. The van der Waals surface area contributed by atoms with E-state index >= 15 is 0 Å². The van der Waals surface area contributed by atoms with Crippen LogP contribution in [0.2, 0.25) is 0 Å². The van der Waals surface area contributed by atoms with Crippen LogP contribution in [0, 0.1) is 6.92 Å². The minimum atomic E-state index is -2.99. The molecule has 21 heavy (non-hydrogen) atoms. The number of ether oxygens (including phenoxy) is 2. The summed E-state index contributed by atoms with van der Waals surface area (Å²) in [6, 6.07) is 13.2. The molecule has 0 radical (unpaired) electrons. The van der Waals surface area contributed by atoms with Gasteiger partial charge in [-0.1, -0.05) is 42.0 Å². The smallest absolute Gasteiger partial charge is 0.387 e. The van der Waals surface area contributed by atoms with Gasteiger partial charge in [0.2, 0.25) is 0 Å². The second kappa shape index (κ2) is 6.83. The monoisotopic (exact) mass is 292 g/mol. The molecular formula is C16H14F2O3. The second-order valence-corrected chi connectivity index (χ2v) is 4.44. The van der Waals surface area contributed by atoms with Crippen LogP contribution in [-0.2, 0) is 11.3 Å². The van der Waals surface area contributed by atoms with E-state index in [4.69, 9.17) is 4.74 Å². The number of para-hydroxylation sites is 1. The third-order valence-corrected chi connectivity index (χ3v) is 2.78. The van der Waals surface area contributed by atoms with Crippen LogP contribution in [0.25, 0.3) is 0 Å². The first-order chi connectivity index (χ1) is 10.1. The second-order valence-electron chi connectivity index (χ2n) is 4.44. The molecule has 0 aliphatic rings. The Hall–Kier alpha value is -2.43. The van der Waals surface area contributed by atoms with Gasteiger partial charge in [0.1, 0.15) is 17.9 Å². The molecule has 0 amide bonds. The lowest BCUT2D eigenvalue weighted by molar-refractivity contribution is -0.0504. The van der Waals surface area contributed by atoms with Crippen LogP contribution >= 0.6 is 0 Å². The summed E-state index contributed by atoms with van der Waals surface area (Å²) >= 11 is 0. The van der Waals surface area contributed by atoms with E-state index in [-0.39, 0.29) is 17.9 Å². The number of benzene rings is 2. The van der Waals surface area contributed by atoms with Crippen molar-refractivity contribution in [2.24, 2.45) is 0 Å². The molecule has 3 nitrogen and oxygen atoms in total. The summed E-state index contributed by atoms with van der Waals surface area (Å²) in [7, 11) is 0. The van der Waals surface area contributed by atoms with Gasteiger partial charge in [0.05, 0.1) is 0 Å². The van der Waals surface area contributed by atoms with E-state index in [1.54, 1.807) is 6.07 Å². The van der Waals surface area contributed by atoms with Crippen molar-refractivity contribution in [1.82, 2.24) is 0 Å². The Morgan fingerprint density at radius 3 is 2.62 bits per heavy atom. The maximum atomic E-state index is 12.3. The van der Waals surface area contributed by atoms with Crippen molar-refractivity contribution in [2.75, 3.05) is 0 Å². The van der Waals surface area contributed by atoms with Crippen LogP contribution in [0.3, 0.4) is 0 Å². The number of rotatable bonds is 5. The highest BCUT2D eigenvalue weighted by Gasteiger charge is 2.16. The lowest BCUT2D eigenvalue weighted by atomic mass is 10.1. The summed E-state index contributed by atoms with van der Waals surface area (Å²) in [6.07, 6.45) is 0. The van der Waals surface area contributed by atoms with Crippen molar-refractivity contribution in [2.45, 2.75) is 20.1 Å². The highest BCUT2D eigenvalue weighted by molar-refractivity contribution is 5.92. The summed E-state index contributed by atoms with van der Waals surface area (Å²) in [5.41, 5.74) is 1.85. The lowest BCUT2D eigenvalue weighted by Crippen LogP contribution is -2.10. The third-order valence-electron chi connectivity index (χ3n) is 2.78. The van der Waals surface area contributed by atoms with E-state index < -0.39 is 12.6 Å². The topological polar surface area (TPSA) is 35.5 Å². The maximum Gasteiger partial charge on any atom is 0.387 e. The summed E-state index contributed by atoms with van der Waals surface area (Å²) in [6.45, 7) is -0.989. The average molecular weight is 292 g/mol. The number of hydrogen-bond acceptors (Lipinski definition) is 3. The van der Waals surface area contributed by atoms with E-state index in [2.05, 4.69) is 4.74 Å². The fourth-order valence-electron chi connectivity index (χ4n) is 1.86. The zero-order valence-electron chi connectivity index (χ0n) is 11.4. The molecule has 0 saturated heterocycles. The molecule has 2 aromatic rings. The van der Waals surface area contributed by atoms with Gasteiger partial charge in [-0.2, -0.15) is 8.78 Å². The quantitative estimate of drug-likeness (QED) is 0.783. The number of carbonyl (C=O) groups is 1. The first-order valence-corrected chi connectivity index (χ1v) is 6.33. The highest BCUT2D eigenvalue weighted by Crippen LogP contribution is 2.21. The molecular weight excluding hydrogens is 278 g/mol. The predicted octanol–water partition coefficient (Wildman–Crippen LogP) is 3.95. The molecule has 0 unspecified atom stereocenters. The van der Waals surface area contributed by atoms with Crippen molar-refractivity contribution >= 4 is 5.97 Å². The van der Waals surface area contributed by atoms with E-state index in [1.807, 2.05) is 31.2 Å². The van der Waals surface area contributed by atoms with Gasteiger partial charge >= 0.3 is 12.6 Å². The Morgan fingerprint density at radius 1 is 1.14 bits per heavy atom. The van der Waals surface area contributed by atoms with Gasteiger partial charge in [0.15, 0.2) is 0 Å². The van der Waals surface area contributed by atoms with Crippen molar-refractivity contribution in [1.29, 1.82) is 0 Å². The molecule has 0 bridgehead atoms. The lowest BCUT2D eigenvalue weighted by Gasteiger charge is -2.10. The number of hydrogen-bond donors (Lipinski definition) is 0. The normalized spacial score (nSPS) is 10.5. The molecule has 0 N–H and O–H groups in total. The molecule has 0 aromatic heterocycles. The number of aryl methyl sites for hydroxylation is 1.